The molecule has 0 radical (unpaired) electrons. The van der Waals surface area contributed by atoms with Crippen LogP contribution in [0.3, 0.4) is 0 Å². The summed E-state index contributed by atoms with van der Waals surface area (Å²) in [6.45, 7) is 1.45. The number of carbonyl (C=O) groups is 1. The quantitative estimate of drug-likeness (QED) is 0.342. The van der Waals surface area contributed by atoms with Gasteiger partial charge in [0.15, 0.2) is 5.78 Å². The number of carbonyl (C=O) groups excluding carboxylic acids is 1. The Morgan fingerprint density at radius 2 is 2.00 bits per heavy atom. The average Bonchev–Trinajstić information content (AvgIpc) is 2.18. The van der Waals surface area contributed by atoms with Crippen molar-refractivity contribution >= 4 is 17.6 Å². The molecule has 0 aliphatic carbocycles. The number of allylic oxidation sites excluding steroid dienone is 2. The molecule has 1 aromatic rings. The summed E-state index contributed by atoms with van der Waals surface area (Å²) in [5, 5.41) is 11.3. The molecule has 0 aliphatic heterocycles. The third-order valence-corrected chi connectivity index (χ3v) is 1.66. The summed E-state index contributed by atoms with van der Waals surface area (Å²) in [5.74, 6) is -0.0799. The van der Waals surface area contributed by atoms with Crippen molar-refractivity contribution in [3.8, 4) is 0 Å². The predicted molar refractivity (Wildman–Crippen MR) is 55.4 cm³/mol. The first-order chi connectivity index (χ1) is 6.74. The Morgan fingerprint density at radius 1 is 1.36 bits per heavy atom. The van der Waals surface area contributed by atoms with Crippen LogP contribution in [0.1, 0.15) is 12.5 Å². The fourth-order valence-corrected chi connectivity index (χ4v) is 1.11. The number of nitrogens with zero attached hydrogens (tertiary/aromatic N) is 1. The summed E-state index contributed by atoms with van der Waals surface area (Å²) in [6.07, 6.45) is 2.67. The van der Waals surface area contributed by atoms with E-state index in [4.69, 9.17) is 5.21 Å². The molecule has 0 aromatic heterocycles. The first kappa shape index (κ1) is 10.2. The van der Waals surface area contributed by atoms with E-state index in [-0.39, 0.29) is 5.78 Å². The van der Waals surface area contributed by atoms with E-state index in [1.54, 1.807) is 0 Å². The molecule has 0 bridgehead atoms. The first-order valence-electron chi connectivity index (χ1n) is 4.19. The van der Waals surface area contributed by atoms with Gasteiger partial charge < -0.3 is 5.21 Å². The molecule has 0 aliphatic rings. The van der Waals surface area contributed by atoms with Gasteiger partial charge in [0.1, 0.15) is 0 Å². The first-order valence-corrected chi connectivity index (χ1v) is 4.19. The Bertz CT molecular complexity index is 366. The van der Waals surface area contributed by atoms with E-state index in [1.165, 1.54) is 19.2 Å². The molecule has 1 aromatic carbocycles. The Kier molecular flexibility index (Phi) is 3.61. The summed E-state index contributed by atoms with van der Waals surface area (Å²) in [6, 6.07) is 9.28. The maximum atomic E-state index is 10.9. The summed E-state index contributed by atoms with van der Waals surface area (Å²) in [4.78, 5) is 10.9. The van der Waals surface area contributed by atoms with E-state index in [1.807, 2.05) is 30.3 Å². The maximum absolute atomic E-state index is 10.9. The lowest BCUT2D eigenvalue weighted by atomic mass is 10.1. The van der Waals surface area contributed by atoms with Crippen LogP contribution in [-0.2, 0) is 4.79 Å². The van der Waals surface area contributed by atoms with Gasteiger partial charge in [-0.1, -0.05) is 35.5 Å². The highest BCUT2D eigenvalue weighted by Crippen LogP contribution is 2.11. The van der Waals surface area contributed by atoms with Crippen molar-refractivity contribution in [1.82, 2.24) is 0 Å². The van der Waals surface area contributed by atoms with Crippen molar-refractivity contribution < 1.29 is 10.0 Å². The van der Waals surface area contributed by atoms with Crippen LogP contribution in [-0.4, -0.2) is 17.2 Å². The van der Waals surface area contributed by atoms with Gasteiger partial charge in [0, 0.05) is 5.57 Å². The summed E-state index contributed by atoms with van der Waals surface area (Å²) < 4.78 is 0. The number of hydrogen-bond acceptors (Lipinski definition) is 3. The van der Waals surface area contributed by atoms with Crippen LogP contribution in [0.5, 0.6) is 0 Å². The molecule has 14 heavy (non-hydrogen) atoms. The van der Waals surface area contributed by atoms with Gasteiger partial charge in [0.25, 0.3) is 0 Å². The second kappa shape index (κ2) is 4.97. The highest BCUT2D eigenvalue weighted by molar-refractivity contribution is 6.15. The summed E-state index contributed by atoms with van der Waals surface area (Å²) in [7, 11) is 0. The number of benzene rings is 1. The molecule has 1 N–H and O–H groups in total. The Morgan fingerprint density at radius 3 is 2.50 bits per heavy atom. The number of rotatable bonds is 3. The normalized spacial score (nSPS) is 11.9. The van der Waals surface area contributed by atoms with Crippen LogP contribution in [0.25, 0.3) is 5.57 Å². The topological polar surface area (TPSA) is 49.7 Å². The largest absolute Gasteiger partial charge is 0.411 e. The van der Waals surface area contributed by atoms with Crippen LogP contribution in [0.2, 0.25) is 0 Å². The van der Waals surface area contributed by atoms with Crippen molar-refractivity contribution in [2.45, 2.75) is 6.92 Å². The monoisotopic (exact) mass is 189 g/mol. The lowest BCUT2D eigenvalue weighted by Gasteiger charge is -1.99. The van der Waals surface area contributed by atoms with Crippen LogP contribution in [0.15, 0.2) is 41.6 Å². The molecule has 0 amide bonds. The smallest absolute Gasteiger partial charge is 0.153 e. The van der Waals surface area contributed by atoms with E-state index in [0.717, 1.165) is 5.56 Å². The molecular formula is C11H11NO2. The minimum atomic E-state index is -0.0799. The Labute approximate surface area is 82.4 Å². The lowest BCUT2D eigenvalue weighted by molar-refractivity contribution is -0.112. The highest BCUT2D eigenvalue weighted by atomic mass is 16.4. The molecule has 0 saturated carbocycles. The molecule has 0 spiro atoms. The number of hydrogen-bond donors (Lipinski definition) is 1. The van der Waals surface area contributed by atoms with Gasteiger partial charge in [-0.2, -0.15) is 0 Å². The van der Waals surface area contributed by atoms with Crippen molar-refractivity contribution in [1.29, 1.82) is 0 Å². The molecule has 0 heterocycles. The van der Waals surface area contributed by atoms with Gasteiger partial charge in [-0.3, -0.25) is 4.79 Å². The average molecular weight is 189 g/mol. The zero-order valence-corrected chi connectivity index (χ0v) is 7.84. The van der Waals surface area contributed by atoms with Crippen LogP contribution in [0, 0.1) is 0 Å². The minimum Gasteiger partial charge on any atom is -0.411 e. The Balaban J connectivity index is 3.07. The van der Waals surface area contributed by atoms with Gasteiger partial charge in [-0.05, 0) is 18.6 Å². The standard InChI is InChI=1S/C11H11NO2/c1-9(13)7-11(8-12-14)10-5-3-2-4-6-10/h2-8,14H,1H3/b11-7-,12-8-. The van der Waals surface area contributed by atoms with Crippen LogP contribution < -0.4 is 0 Å². The zero-order chi connectivity index (χ0) is 10.4. The Hall–Kier alpha value is -1.90. The van der Waals surface area contributed by atoms with Crippen LogP contribution in [0.4, 0.5) is 0 Å². The molecule has 72 valence electrons. The van der Waals surface area contributed by atoms with Crippen molar-refractivity contribution in [3.05, 3.63) is 42.0 Å². The third kappa shape index (κ3) is 2.86. The van der Waals surface area contributed by atoms with E-state index in [0.29, 0.717) is 5.57 Å². The molecular weight excluding hydrogens is 178 g/mol. The number of ketones is 1. The van der Waals surface area contributed by atoms with Gasteiger partial charge in [-0.15, -0.1) is 0 Å². The molecule has 0 unspecified atom stereocenters. The van der Waals surface area contributed by atoms with Crippen molar-refractivity contribution in [2.75, 3.05) is 0 Å². The third-order valence-electron chi connectivity index (χ3n) is 1.66. The SMILES string of the molecule is CC(=O)/C=C(/C=N\O)c1ccccc1. The molecule has 0 saturated heterocycles. The maximum Gasteiger partial charge on any atom is 0.153 e. The van der Waals surface area contributed by atoms with Gasteiger partial charge in [0.2, 0.25) is 0 Å². The molecule has 3 nitrogen and oxygen atoms in total. The molecule has 1 rings (SSSR count). The number of oxime groups is 1. The van der Waals surface area contributed by atoms with E-state index in [9.17, 15) is 4.79 Å². The second-order valence-electron chi connectivity index (χ2n) is 2.82. The second-order valence-corrected chi connectivity index (χ2v) is 2.82. The van der Waals surface area contributed by atoms with E-state index < -0.39 is 0 Å². The van der Waals surface area contributed by atoms with Crippen molar-refractivity contribution in [3.63, 3.8) is 0 Å². The molecule has 3 heteroatoms. The van der Waals surface area contributed by atoms with Gasteiger partial charge in [0.05, 0.1) is 6.21 Å². The summed E-state index contributed by atoms with van der Waals surface area (Å²) in [5.41, 5.74) is 1.45. The van der Waals surface area contributed by atoms with E-state index >= 15 is 0 Å². The fraction of sp³-hybridized carbons (Fsp3) is 0.0909. The lowest BCUT2D eigenvalue weighted by Crippen LogP contribution is -1.90. The van der Waals surface area contributed by atoms with Crippen LogP contribution >= 0.6 is 0 Å². The fourth-order valence-electron chi connectivity index (χ4n) is 1.11. The molecule has 0 atom stereocenters. The zero-order valence-electron chi connectivity index (χ0n) is 7.84. The van der Waals surface area contributed by atoms with Gasteiger partial charge >= 0.3 is 0 Å². The van der Waals surface area contributed by atoms with E-state index in [2.05, 4.69) is 5.16 Å². The summed E-state index contributed by atoms with van der Waals surface area (Å²) >= 11 is 0. The highest BCUT2D eigenvalue weighted by Gasteiger charge is 1.98. The van der Waals surface area contributed by atoms with Crippen molar-refractivity contribution in [2.24, 2.45) is 5.16 Å². The minimum absolute atomic E-state index is 0.0799. The van der Waals surface area contributed by atoms with Gasteiger partial charge in [-0.25, -0.2) is 0 Å². The molecule has 0 fully saturated rings. The predicted octanol–water partition coefficient (Wildman–Crippen LogP) is 2.12.